The Labute approximate surface area is 191 Å². The Morgan fingerprint density at radius 2 is 1.88 bits per heavy atom. The van der Waals surface area contributed by atoms with Gasteiger partial charge in [0.25, 0.3) is 5.69 Å². The molecule has 0 spiro atoms. The van der Waals surface area contributed by atoms with E-state index in [0.29, 0.717) is 0 Å². The van der Waals surface area contributed by atoms with Crippen LogP contribution in [0, 0.1) is 4.91 Å². The summed E-state index contributed by atoms with van der Waals surface area (Å²) in [5.74, 6) is 3.30. The first-order valence-electron chi connectivity index (χ1n) is 11.1. The molecule has 1 saturated carbocycles. The molecule has 0 amide bonds. The predicted molar refractivity (Wildman–Crippen MR) is 128 cm³/mol. The van der Waals surface area contributed by atoms with Crippen molar-refractivity contribution in [1.29, 1.82) is 0 Å². The van der Waals surface area contributed by atoms with Crippen LogP contribution in [0.2, 0.25) is 0 Å². The smallest absolute Gasteiger partial charge is 0.256 e. The van der Waals surface area contributed by atoms with E-state index in [1.54, 1.807) is 25.6 Å². The number of hydrogen-bond donors (Lipinski definition) is 2. The van der Waals surface area contributed by atoms with Crippen LogP contribution in [0.25, 0.3) is 10.9 Å². The third-order valence-electron chi connectivity index (χ3n) is 5.75. The second-order valence-electron chi connectivity index (χ2n) is 8.10. The number of methoxy groups -OCH3 is 1. The molecule has 1 aliphatic carbocycles. The largest absolute Gasteiger partial charge is 0.497 e. The van der Waals surface area contributed by atoms with Gasteiger partial charge < -0.3 is 15.0 Å². The number of fused-ring (bicyclic) bond motifs is 1. The third-order valence-corrected chi connectivity index (χ3v) is 5.75. The molecule has 1 saturated heterocycles. The lowest BCUT2D eigenvalue weighted by Crippen LogP contribution is -2.37. The van der Waals surface area contributed by atoms with Crippen LogP contribution in [0.1, 0.15) is 19.3 Å². The minimum atomic E-state index is 0.216. The Kier molecular flexibility index (Phi) is 5.84. The minimum absolute atomic E-state index is 0.216. The van der Waals surface area contributed by atoms with Gasteiger partial charge in [-0.2, -0.15) is 5.10 Å². The highest BCUT2D eigenvalue weighted by Gasteiger charge is 2.38. The number of aromatic nitrogens is 4. The van der Waals surface area contributed by atoms with E-state index in [2.05, 4.69) is 30.4 Å². The maximum atomic E-state index is 11.5. The fraction of sp³-hybridized carbons (Fsp3) is 0.292. The topological polar surface area (TPSA) is 99.0 Å². The lowest BCUT2D eigenvalue weighted by atomic mass is 10.2. The van der Waals surface area contributed by atoms with E-state index in [1.807, 2.05) is 42.5 Å². The van der Waals surface area contributed by atoms with E-state index in [-0.39, 0.29) is 6.04 Å². The molecule has 3 heterocycles. The van der Waals surface area contributed by atoms with Crippen molar-refractivity contribution in [3.63, 3.8) is 0 Å². The Bertz CT molecular complexity index is 1250. The molecule has 0 unspecified atom stereocenters. The summed E-state index contributed by atoms with van der Waals surface area (Å²) in [5.41, 5.74) is 1.73. The van der Waals surface area contributed by atoms with E-state index in [9.17, 15) is 4.91 Å². The Morgan fingerprint density at radius 1 is 1.09 bits per heavy atom. The summed E-state index contributed by atoms with van der Waals surface area (Å²) in [6.07, 6.45) is 4.87. The molecule has 4 aromatic rings. The van der Waals surface area contributed by atoms with Crippen molar-refractivity contribution in [2.45, 2.75) is 25.3 Å². The first kappa shape index (κ1) is 20.9. The lowest BCUT2D eigenvalue weighted by Gasteiger charge is -2.31. The molecule has 2 aromatic heterocycles. The van der Waals surface area contributed by atoms with E-state index >= 15 is 0 Å². The first-order chi connectivity index (χ1) is 16.2. The van der Waals surface area contributed by atoms with Gasteiger partial charge in [-0.25, -0.2) is 9.97 Å². The zero-order valence-electron chi connectivity index (χ0n) is 18.4. The van der Waals surface area contributed by atoms with Gasteiger partial charge in [0.15, 0.2) is 5.82 Å². The minimum Gasteiger partial charge on any atom is -0.497 e. The second kappa shape index (κ2) is 9.23. The van der Waals surface area contributed by atoms with Gasteiger partial charge in [0.1, 0.15) is 23.7 Å². The van der Waals surface area contributed by atoms with Crippen molar-refractivity contribution in [3.8, 4) is 5.75 Å². The molecule has 0 radical (unpaired) electrons. The predicted octanol–water partition coefficient (Wildman–Crippen LogP) is 4.57. The number of para-hydroxylation sites is 1. The van der Waals surface area contributed by atoms with Crippen LogP contribution in [0.3, 0.4) is 0 Å². The summed E-state index contributed by atoms with van der Waals surface area (Å²) < 4.78 is 6.09. The number of H-pyrrole nitrogens is 1. The van der Waals surface area contributed by atoms with E-state index in [1.165, 1.54) is 6.42 Å². The average molecular weight is 445 g/mol. The summed E-state index contributed by atoms with van der Waals surface area (Å²) in [5, 5.41) is 11.6. The molecule has 0 atom stereocenters. The van der Waals surface area contributed by atoms with Gasteiger partial charge in [-0.3, -0.25) is 5.10 Å². The molecule has 0 bridgehead atoms. The number of nitrogens with zero attached hydrogens (tertiary/aromatic N) is 5. The molecule has 1 aliphatic heterocycles. The Morgan fingerprint density at radius 3 is 2.58 bits per heavy atom. The number of anilines is 3. The summed E-state index contributed by atoms with van der Waals surface area (Å²) >= 11 is 0. The van der Waals surface area contributed by atoms with Crippen molar-refractivity contribution < 1.29 is 9.50 Å². The summed E-state index contributed by atoms with van der Waals surface area (Å²) in [7, 11) is 1.62. The van der Waals surface area contributed by atoms with Crippen LogP contribution in [0.5, 0.6) is 5.75 Å². The van der Waals surface area contributed by atoms with Crippen molar-refractivity contribution in [2.75, 3.05) is 30.4 Å². The van der Waals surface area contributed by atoms with Gasteiger partial charge in [-0.15, -0.1) is 0 Å². The maximum Gasteiger partial charge on any atom is 0.256 e. The van der Waals surface area contributed by atoms with Crippen LogP contribution < -0.4 is 15.0 Å². The first-order valence-corrected chi connectivity index (χ1v) is 11.1. The van der Waals surface area contributed by atoms with Crippen LogP contribution >= 0.6 is 0 Å². The number of aromatic amines is 1. The van der Waals surface area contributed by atoms with Gasteiger partial charge in [-0.1, -0.05) is 12.1 Å². The Balaban J connectivity index is 0.000000152. The van der Waals surface area contributed by atoms with Crippen LogP contribution in [0.15, 0.2) is 60.9 Å². The van der Waals surface area contributed by atoms with Gasteiger partial charge in [0.05, 0.1) is 12.6 Å². The lowest BCUT2D eigenvalue weighted by molar-refractivity contribution is -0.478. The molecule has 168 valence electrons. The van der Waals surface area contributed by atoms with E-state index in [4.69, 9.17) is 4.74 Å². The van der Waals surface area contributed by atoms with Crippen molar-refractivity contribution in [3.05, 3.63) is 65.8 Å². The number of benzene rings is 2. The Hall–Kier alpha value is -4.01. The zero-order valence-corrected chi connectivity index (χ0v) is 18.4. The highest BCUT2D eigenvalue weighted by atomic mass is 16.5. The fourth-order valence-electron chi connectivity index (χ4n) is 3.56. The number of ether oxygens (including phenoxy) is 1. The summed E-state index contributed by atoms with van der Waals surface area (Å²) in [6, 6.07) is 17.4. The van der Waals surface area contributed by atoms with Crippen LogP contribution in [-0.4, -0.2) is 51.2 Å². The third kappa shape index (κ3) is 4.77. The van der Waals surface area contributed by atoms with Gasteiger partial charge in [0, 0.05) is 59.2 Å². The van der Waals surface area contributed by atoms with Gasteiger partial charge >= 0.3 is 0 Å². The quantitative estimate of drug-likeness (QED) is 0.420. The molecular weight excluding hydrogens is 418 g/mol. The van der Waals surface area contributed by atoms with Crippen molar-refractivity contribution in [1.82, 2.24) is 20.2 Å². The fourth-order valence-corrected chi connectivity index (χ4v) is 3.56. The van der Waals surface area contributed by atoms with Crippen LogP contribution in [-0.2, 0) is 0 Å². The highest BCUT2D eigenvalue weighted by Crippen LogP contribution is 2.30. The maximum absolute atomic E-state index is 11.5. The molecule has 9 heteroatoms. The average Bonchev–Trinajstić information content (AvgIpc) is 3.60. The molecule has 2 fully saturated rings. The molecule has 2 aromatic carbocycles. The standard InChI is InChI=1S/C14H14N6.C10H12NO2/c1-2-5-11-10(4-1)14(19-18-11)17-12-8-13(16-9-15-12)20-6-3-7-20;1-13-10-6-4-9(5-7-10)11(12)8-2-3-8/h1-2,4-5,8-9H,3,6-7H2,(H2,15,16,17,18,19);4-8H,2-3H2,1H3/q;+1. The SMILES string of the molecule is COc1ccc([N+](=O)C2CC2)cc1.c1ccc2c(Nc3cc(N4CCC4)ncn3)n[nH]c2c1. The monoisotopic (exact) mass is 444 g/mol. The number of nitrogens with one attached hydrogen (secondary N) is 2. The van der Waals surface area contributed by atoms with Crippen molar-refractivity contribution in [2.24, 2.45) is 0 Å². The zero-order chi connectivity index (χ0) is 22.6. The number of nitroso groups, excluding NO2 is 1. The molecular formula is C24H26N7O2+. The molecule has 6 rings (SSSR count). The van der Waals surface area contributed by atoms with Crippen molar-refractivity contribution >= 4 is 34.0 Å². The van der Waals surface area contributed by atoms with Crippen LogP contribution in [0.4, 0.5) is 23.1 Å². The summed E-state index contributed by atoms with van der Waals surface area (Å²) in [4.78, 5) is 22.3. The highest BCUT2D eigenvalue weighted by molar-refractivity contribution is 5.91. The van der Waals surface area contributed by atoms with Gasteiger partial charge in [-0.05, 0) is 30.7 Å². The summed E-state index contributed by atoms with van der Waals surface area (Å²) in [6.45, 7) is 2.14. The number of hydrogen-bond acceptors (Lipinski definition) is 7. The number of rotatable bonds is 6. The van der Waals surface area contributed by atoms with Gasteiger partial charge in [0.2, 0.25) is 6.04 Å². The second-order valence-corrected chi connectivity index (χ2v) is 8.10. The molecule has 2 N–H and O–H groups in total. The molecule has 33 heavy (non-hydrogen) atoms. The molecule has 2 aliphatic rings. The molecule has 9 nitrogen and oxygen atoms in total. The normalized spacial score (nSPS) is 14.8. The van der Waals surface area contributed by atoms with E-state index in [0.717, 1.165) is 70.5 Å². The van der Waals surface area contributed by atoms with E-state index < -0.39 is 0 Å².